The highest BCUT2D eigenvalue weighted by atomic mass is 32.1. The van der Waals surface area contributed by atoms with E-state index in [4.69, 9.17) is 12.2 Å². The first-order valence-corrected chi connectivity index (χ1v) is 11.1. The number of hydrogen-bond donors (Lipinski definition) is 2. The number of pyridine rings is 1. The SMILES string of the molecule is Cc1cc(C)n(-c2ccc(NC(=O)c3ccc4c(=O)n(-c5ccccc5F)c(=S)[nH]c4c3)cn2)n1. The van der Waals surface area contributed by atoms with E-state index in [1.165, 1.54) is 36.4 Å². The highest BCUT2D eigenvalue weighted by molar-refractivity contribution is 7.71. The molecule has 0 fully saturated rings. The Morgan fingerprint density at radius 3 is 2.57 bits per heavy atom. The van der Waals surface area contributed by atoms with Gasteiger partial charge in [0.05, 0.1) is 34.2 Å². The second-order valence-electron chi connectivity index (χ2n) is 7.98. The third-order valence-corrected chi connectivity index (χ3v) is 5.77. The van der Waals surface area contributed by atoms with E-state index in [9.17, 15) is 14.0 Å². The Kier molecular flexibility index (Phi) is 5.58. The number of hydrogen-bond acceptors (Lipinski definition) is 5. The Bertz CT molecular complexity index is 1720. The fourth-order valence-corrected chi connectivity index (χ4v) is 4.15. The number of aryl methyl sites for hydroxylation is 2. The number of nitrogens with one attached hydrogen (secondary N) is 2. The molecule has 10 heteroatoms. The van der Waals surface area contributed by atoms with Gasteiger partial charge in [0.1, 0.15) is 5.82 Å². The molecular formula is C25H19FN6O2S. The first-order valence-electron chi connectivity index (χ1n) is 10.7. The Morgan fingerprint density at radius 1 is 1.09 bits per heavy atom. The number of nitrogens with zero attached hydrogens (tertiary/aromatic N) is 4. The van der Waals surface area contributed by atoms with Crippen molar-refractivity contribution in [3.63, 3.8) is 0 Å². The molecule has 8 nitrogen and oxygen atoms in total. The number of carbonyl (C=O) groups excluding carboxylic acids is 1. The Hall–Kier alpha value is -4.44. The van der Waals surface area contributed by atoms with Crippen LogP contribution < -0.4 is 10.9 Å². The molecule has 2 N–H and O–H groups in total. The van der Waals surface area contributed by atoms with Gasteiger partial charge in [-0.25, -0.2) is 18.6 Å². The van der Waals surface area contributed by atoms with Crippen molar-refractivity contribution in [1.82, 2.24) is 24.3 Å². The Balaban J connectivity index is 1.43. The molecule has 5 rings (SSSR count). The van der Waals surface area contributed by atoms with Crippen molar-refractivity contribution in [1.29, 1.82) is 0 Å². The fourth-order valence-electron chi connectivity index (χ4n) is 3.86. The van der Waals surface area contributed by atoms with Crippen LogP contribution in [-0.2, 0) is 0 Å². The molecule has 3 aromatic heterocycles. The number of rotatable bonds is 4. The van der Waals surface area contributed by atoms with Crippen LogP contribution in [0.4, 0.5) is 10.1 Å². The van der Waals surface area contributed by atoms with E-state index < -0.39 is 11.4 Å². The predicted octanol–water partition coefficient (Wildman–Crippen LogP) is 4.64. The van der Waals surface area contributed by atoms with Gasteiger partial charge in [0.25, 0.3) is 11.5 Å². The van der Waals surface area contributed by atoms with E-state index in [0.717, 1.165) is 16.0 Å². The largest absolute Gasteiger partial charge is 0.331 e. The van der Waals surface area contributed by atoms with Crippen LogP contribution in [0.25, 0.3) is 22.4 Å². The number of benzene rings is 2. The molecule has 0 unspecified atom stereocenters. The summed E-state index contributed by atoms with van der Waals surface area (Å²) >= 11 is 5.31. The second-order valence-corrected chi connectivity index (χ2v) is 8.37. The van der Waals surface area contributed by atoms with Gasteiger partial charge in [-0.2, -0.15) is 5.10 Å². The summed E-state index contributed by atoms with van der Waals surface area (Å²) in [5.74, 6) is -0.315. The van der Waals surface area contributed by atoms with Crippen molar-refractivity contribution in [3.05, 3.63) is 105 Å². The number of aromatic amines is 1. The van der Waals surface area contributed by atoms with Gasteiger partial charge in [-0.1, -0.05) is 12.1 Å². The van der Waals surface area contributed by atoms with Crippen LogP contribution >= 0.6 is 12.2 Å². The van der Waals surface area contributed by atoms with Crippen molar-refractivity contribution < 1.29 is 9.18 Å². The van der Waals surface area contributed by atoms with Crippen molar-refractivity contribution in [3.8, 4) is 11.5 Å². The summed E-state index contributed by atoms with van der Waals surface area (Å²) in [7, 11) is 0. The van der Waals surface area contributed by atoms with E-state index in [1.54, 1.807) is 29.1 Å². The van der Waals surface area contributed by atoms with Gasteiger partial charge in [-0.05, 0) is 74.6 Å². The second kappa shape index (κ2) is 8.73. The highest BCUT2D eigenvalue weighted by Crippen LogP contribution is 2.17. The van der Waals surface area contributed by atoms with Gasteiger partial charge >= 0.3 is 0 Å². The number of amides is 1. The zero-order valence-corrected chi connectivity index (χ0v) is 19.6. The summed E-state index contributed by atoms with van der Waals surface area (Å²) < 4.78 is 17.1. The van der Waals surface area contributed by atoms with Crippen molar-refractivity contribution in [2.24, 2.45) is 0 Å². The lowest BCUT2D eigenvalue weighted by Crippen LogP contribution is -2.22. The lowest BCUT2D eigenvalue weighted by atomic mass is 10.1. The minimum atomic E-state index is -0.568. The van der Waals surface area contributed by atoms with Crippen LogP contribution in [0.2, 0.25) is 0 Å². The molecule has 2 aromatic carbocycles. The molecule has 0 aliphatic carbocycles. The zero-order chi connectivity index (χ0) is 24.7. The minimum absolute atomic E-state index is 0.0223. The summed E-state index contributed by atoms with van der Waals surface area (Å²) in [4.78, 5) is 33.2. The smallest absolute Gasteiger partial charge is 0.266 e. The van der Waals surface area contributed by atoms with Crippen LogP contribution in [0.15, 0.2) is 71.7 Å². The molecule has 0 aliphatic rings. The van der Waals surface area contributed by atoms with Crippen LogP contribution in [0.1, 0.15) is 21.7 Å². The number of anilines is 1. The molecule has 3 heterocycles. The van der Waals surface area contributed by atoms with Crippen LogP contribution in [0.5, 0.6) is 0 Å². The average Bonchev–Trinajstić information content (AvgIpc) is 3.18. The summed E-state index contributed by atoms with van der Waals surface area (Å²) in [6.45, 7) is 3.84. The highest BCUT2D eigenvalue weighted by Gasteiger charge is 2.14. The summed E-state index contributed by atoms with van der Waals surface area (Å²) in [6, 6.07) is 15.9. The van der Waals surface area contributed by atoms with Crippen molar-refractivity contribution >= 4 is 34.7 Å². The molecule has 0 bridgehead atoms. The first-order chi connectivity index (χ1) is 16.8. The summed E-state index contributed by atoms with van der Waals surface area (Å²) in [5.41, 5.74) is 2.60. The number of carbonyl (C=O) groups is 1. The zero-order valence-electron chi connectivity index (χ0n) is 18.7. The van der Waals surface area contributed by atoms with Gasteiger partial charge in [-0.15, -0.1) is 0 Å². The van der Waals surface area contributed by atoms with E-state index >= 15 is 0 Å². The third-order valence-electron chi connectivity index (χ3n) is 5.49. The van der Waals surface area contributed by atoms with E-state index in [0.29, 0.717) is 22.6 Å². The normalized spacial score (nSPS) is 11.1. The molecule has 0 radical (unpaired) electrons. The molecule has 5 aromatic rings. The summed E-state index contributed by atoms with van der Waals surface area (Å²) in [5, 5.41) is 7.46. The molecule has 0 spiro atoms. The number of para-hydroxylation sites is 1. The Labute approximate surface area is 203 Å². The van der Waals surface area contributed by atoms with Gasteiger partial charge in [0.2, 0.25) is 0 Å². The molecule has 0 atom stereocenters. The van der Waals surface area contributed by atoms with Crippen LogP contribution in [-0.4, -0.2) is 30.2 Å². The molecule has 0 saturated heterocycles. The van der Waals surface area contributed by atoms with Gasteiger partial charge in [0, 0.05) is 11.3 Å². The molecule has 0 saturated carbocycles. The monoisotopic (exact) mass is 486 g/mol. The van der Waals surface area contributed by atoms with Crippen LogP contribution in [0.3, 0.4) is 0 Å². The lowest BCUT2D eigenvalue weighted by Gasteiger charge is -2.10. The van der Waals surface area contributed by atoms with Crippen molar-refractivity contribution in [2.45, 2.75) is 13.8 Å². The molecule has 0 aliphatic heterocycles. The van der Waals surface area contributed by atoms with Crippen LogP contribution in [0, 0.1) is 24.4 Å². The molecule has 1 amide bonds. The summed E-state index contributed by atoms with van der Waals surface area (Å²) in [6.07, 6.45) is 1.55. The number of aromatic nitrogens is 5. The quantitative estimate of drug-likeness (QED) is 0.361. The third kappa shape index (κ3) is 4.15. The van der Waals surface area contributed by atoms with Crippen molar-refractivity contribution in [2.75, 3.05) is 5.32 Å². The average molecular weight is 487 g/mol. The lowest BCUT2D eigenvalue weighted by molar-refractivity contribution is 0.102. The van der Waals surface area contributed by atoms with E-state index in [-0.39, 0.29) is 21.8 Å². The molecule has 35 heavy (non-hydrogen) atoms. The maximum atomic E-state index is 14.3. The number of halogens is 1. The molecule has 174 valence electrons. The molecular weight excluding hydrogens is 467 g/mol. The maximum Gasteiger partial charge on any atom is 0.266 e. The van der Waals surface area contributed by atoms with Gasteiger partial charge in [0.15, 0.2) is 10.6 Å². The standard InChI is InChI=1S/C25H19FN6O2S/c1-14-11-15(2)32(30-14)22-10-8-17(13-27-22)28-23(33)16-7-9-18-20(12-16)29-25(35)31(24(18)34)21-6-4-3-5-19(21)26/h3-13H,1-2H3,(H,28,33)(H,29,35). The minimum Gasteiger partial charge on any atom is -0.331 e. The van der Waals surface area contributed by atoms with Gasteiger partial charge < -0.3 is 10.3 Å². The maximum absolute atomic E-state index is 14.3. The Morgan fingerprint density at radius 2 is 1.89 bits per heavy atom. The number of fused-ring (bicyclic) bond motifs is 1. The van der Waals surface area contributed by atoms with E-state index in [2.05, 4.69) is 20.4 Å². The number of H-pyrrole nitrogens is 1. The topological polar surface area (TPSA) is 97.6 Å². The fraction of sp³-hybridized carbons (Fsp3) is 0.0800. The first kappa shape index (κ1) is 22.4. The van der Waals surface area contributed by atoms with E-state index in [1.807, 2.05) is 19.9 Å². The predicted molar refractivity (Wildman–Crippen MR) is 133 cm³/mol. The van der Waals surface area contributed by atoms with Gasteiger partial charge in [-0.3, -0.25) is 9.59 Å².